The van der Waals surface area contributed by atoms with Crippen LogP contribution in [0.5, 0.6) is 0 Å². The number of aromatic nitrogens is 1. The molecule has 2 aliphatic heterocycles. The maximum Gasteiger partial charge on any atom is 0.194 e. The van der Waals surface area contributed by atoms with E-state index in [4.69, 9.17) is 14.5 Å². The van der Waals surface area contributed by atoms with Gasteiger partial charge in [-0.25, -0.2) is 4.98 Å². The summed E-state index contributed by atoms with van der Waals surface area (Å²) in [6.07, 6.45) is 2.57. The number of hydrogen-bond donors (Lipinski definition) is 1. The zero-order chi connectivity index (χ0) is 19.3. The molecule has 3 heterocycles. The molecular weight excluding hydrogens is 372 g/mol. The fourth-order valence-corrected chi connectivity index (χ4v) is 4.78. The molecular formula is C21H28N4O2S. The van der Waals surface area contributed by atoms with Gasteiger partial charge in [0.2, 0.25) is 0 Å². The maximum atomic E-state index is 5.96. The fraction of sp³-hybridized carbons (Fsp3) is 0.524. The van der Waals surface area contributed by atoms with Crippen LogP contribution in [0.15, 0.2) is 35.3 Å². The molecule has 0 aliphatic carbocycles. The van der Waals surface area contributed by atoms with Crippen LogP contribution < -0.4 is 5.32 Å². The average Bonchev–Trinajstić information content (AvgIpc) is 3.40. The van der Waals surface area contributed by atoms with E-state index in [2.05, 4.69) is 46.4 Å². The van der Waals surface area contributed by atoms with E-state index in [1.54, 1.807) is 11.3 Å². The summed E-state index contributed by atoms with van der Waals surface area (Å²) in [5.41, 5.74) is 2.24. The summed E-state index contributed by atoms with van der Waals surface area (Å²) in [5, 5.41) is 4.59. The van der Waals surface area contributed by atoms with Gasteiger partial charge in [0.1, 0.15) is 11.1 Å². The molecule has 2 saturated heterocycles. The Morgan fingerprint density at radius 1 is 1.25 bits per heavy atom. The van der Waals surface area contributed by atoms with Crippen LogP contribution in [0.2, 0.25) is 0 Å². The number of morpholine rings is 1. The van der Waals surface area contributed by atoms with Gasteiger partial charge in [0.05, 0.1) is 24.9 Å². The summed E-state index contributed by atoms with van der Waals surface area (Å²) < 4.78 is 11.8. The molecule has 2 aliphatic rings. The number of ether oxygens (including phenoxy) is 2. The molecule has 1 aromatic carbocycles. The number of nitrogens with one attached hydrogen (secondary N) is 1. The third-order valence-corrected chi connectivity index (χ3v) is 6.51. The van der Waals surface area contributed by atoms with Gasteiger partial charge < -0.3 is 19.7 Å². The van der Waals surface area contributed by atoms with Gasteiger partial charge in [-0.05, 0) is 19.8 Å². The van der Waals surface area contributed by atoms with Crippen LogP contribution >= 0.6 is 11.3 Å². The second-order valence-electron chi connectivity index (χ2n) is 7.20. The molecule has 4 rings (SSSR count). The molecule has 2 atom stereocenters. The molecule has 0 amide bonds. The first kappa shape index (κ1) is 19.4. The van der Waals surface area contributed by atoms with Gasteiger partial charge in [-0.2, -0.15) is 0 Å². The molecule has 6 nitrogen and oxygen atoms in total. The number of rotatable bonds is 4. The number of hydrogen-bond acceptors (Lipinski definition) is 5. The van der Waals surface area contributed by atoms with Crippen LogP contribution in [0.1, 0.15) is 23.4 Å². The predicted octanol–water partition coefficient (Wildman–Crippen LogP) is 3.07. The predicted molar refractivity (Wildman–Crippen MR) is 113 cm³/mol. The topological polar surface area (TPSA) is 59.0 Å². The number of nitrogens with zero attached hydrogens (tertiary/aromatic N) is 3. The molecule has 1 N–H and O–H groups in total. The highest BCUT2D eigenvalue weighted by atomic mass is 32.1. The van der Waals surface area contributed by atoms with Gasteiger partial charge in [0, 0.05) is 37.2 Å². The van der Waals surface area contributed by atoms with Gasteiger partial charge in [-0.1, -0.05) is 30.3 Å². The van der Waals surface area contributed by atoms with Crippen molar-refractivity contribution in [2.75, 3.05) is 33.4 Å². The molecule has 2 fully saturated rings. The molecule has 0 bridgehead atoms. The average molecular weight is 401 g/mol. The van der Waals surface area contributed by atoms with Gasteiger partial charge in [-0.15, -0.1) is 11.3 Å². The van der Waals surface area contributed by atoms with E-state index in [1.165, 1.54) is 10.4 Å². The highest BCUT2D eigenvalue weighted by Crippen LogP contribution is 2.27. The SMILES string of the molecule is CN=C(NCc1sc(-c2ccccc2)nc1C)N1CCOC(C2CCCO2)C1. The third kappa shape index (κ3) is 4.37. The Labute approximate surface area is 170 Å². The highest BCUT2D eigenvalue weighted by Gasteiger charge is 2.32. The lowest BCUT2D eigenvalue weighted by Crippen LogP contribution is -2.53. The van der Waals surface area contributed by atoms with Crippen molar-refractivity contribution >= 4 is 17.3 Å². The number of aliphatic imine (C=N–C) groups is 1. The Kier molecular flexibility index (Phi) is 6.24. The van der Waals surface area contributed by atoms with Gasteiger partial charge in [0.15, 0.2) is 5.96 Å². The number of aryl methyl sites for hydroxylation is 1. The Balaban J connectivity index is 1.38. The van der Waals surface area contributed by atoms with Crippen molar-refractivity contribution in [2.45, 2.75) is 38.5 Å². The van der Waals surface area contributed by atoms with Crippen LogP contribution in [0.4, 0.5) is 0 Å². The van der Waals surface area contributed by atoms with Crippen molar-refractivity contribution in [3.8, 4) is 10.6 Å². The quantitative estimate of drug-likeness (QED) is 0.631. The lowest BCUT2D eigenvalue weighted by Gasteiger charge is -2.37. The zero-order valence-corrected chi connectivity index (χ0v) is 17.4. The second-order valence-corrected chi connectivity index (χ2v) is 8.28. The second kappa shape index (κ2) is 9.03. The number of guanidine groups is 1. The van der Waals surface area contributed by atoms with Crippen LogP contribution in [-0.2, 0) is 16.0 Å². The van der Waals surface area contributed by atoms with E-state index < -0.39 is 0 Å². The third-order valence-electron chi connectivity index (χ3n) is 5.30. The minimum absolute atomic E-state index is 0.129. The minimum atomic E-state index is 0.129. The van der Waals surface area contributed by atoms with Crippen molar-refractivity contribution in [3.05, 3.63) is 40.9 Å². The molecule has 7 heteroatoms. The lowest BCUT2D eigenvalue weighted by molar-refractivity contribution is -0.0817. The maximum absolute atomic E-state index is 5.96. The standard InChI is InChI=1S/C21H28N4O2S/c1-15-19(28-20(24-15)16-7-4-3-5-8-16)13-23-21(22-2)25-10-12-27-18(14-25)17-9-6-11-26-17/h3-5,7-8,17-18H,6,9-14H2,1-2H3,(H,22,23). The largest absolute Gasteiger partial charge is 0.375 e. The van der Waals surface area contributed by atoms with E-state index in [9.17, 15) is 0 Å². The number of thiazole rings is 1. The Hall–Kier alpha value is -1.96. The van der Waals surface area contributed by atoms with Crippen molar-refractivity contribution in [1.82, 2.24) is 15.2 Å². The van der Waals surface area contributed by atoms with Gasteiger partial charge in [0.25, 0.3) is 0 Å². The van der Waals surface area contributed by atoms with E-state index in [0.717, 1.165) is 55.7 Å². The van der Waals surface area contributed by atoms with E-state index in [-0.39, 0.29) is 12.2 Å². The molecule has 2 unspecified atom stereocenters. The van der Waals surface area contributed by atoms with E-state index in [1.807, 2.05) is 13.1 Å². The summed E-state index contributed by atoms with van der Waals surface area (Å²) in [7, 11) is 1.84. The first-order valence-electron chi connectivity index (χ1n) is 9.95. The molecule has 0 spiro atoms. The van der Waals surface area contributed by atoms with Crippen LogP contribution in [0.3, 0.4) is 0 Å². The van der Waals surface area contributed by atoms with Crippen LogP contribution in [-0.4, -0.2) is 61.4 Å². The Morgan fingerprint density at radius 2 is 2.07 bits per heavy atom. The molecule has 1 aromatic heterocycles. The summed E-state index contributed by atoms with van der Waals surface area (Å²) >= 11 is 1.74. The molecule has 0 saturated carbocycles. The van der Waals surface area contributed by atoms with Gasteiger partial charge >= 0.3 is 0 Å². The molecule has 28 heavy (non-hydrogen) atoms. The molecule has 0 radical (unpaired) electrons. The summed E-state index contributed by atoms with van der Waals surface area (Å²) in [6, 6.07) is 10.3. The minimum Gasteiger partial charge on any atom is -0.375 e. The summed E-state index contributed by atoms with van der Waals surface area (Å²) in [5.74, 6) is 0.917. The van der Waals surface area contributed by atoms with Crippen molar-refractivity contribution in [2.24, 2.45) is 4.99 Å². The van der Waals surface area contributed by atoms with Crippen molar-refractivity contribution < 1.29 is 9.47 Å². The Morgan fingerprint density at radius 3 is 2.82 bits per heavy atom. The Bertz CT molecular complexity index is 802. The van der Waals surface area contributed by atoms with E-state index in [0.29, 0.717) is 6.61 Å². The normalized spacial score (nSPS) is 23.2. The first-order chi connectivity index (χ1) is 13.7. The lowest BCUT2D eigenvalue weighted by atomic mass is 10.1. The number of benzene rings is 1. The fourth-order valence-electron chi connectivity index (χ4n) is 3.78. The van der Waals surface area contributed by atoms with E-state index >= 15 is 0 Å². The molecule has 150 valence electrons. The zero-order valence-electron chi connectivity index (χ0n) is 16.6. The monoisotopic (exact) mass is 400 g/mol. The smallest absolute Gasteiger partial charge is 0.194 e. The van der Waals surface area contributed by atoms with Crippen LogP contribution in [0, 0.1) is 6.92 Å². The highest BCUT2D eigenvalue weighted by molar-refractivity contribution is 7.15. The first-order valence-corrected chi connectivity index (χ1v) is 10.8. The summed E-state index contributed by atoms with van der Waals surface area (Å²) in [6.45, 7) is 6.03. The van der Waals surface area contributed by atoms with Crippen LogP contribution in [0.25, 0.3) is 10.6 Å². The molecule has 2 aromatic rings. The summed E-state index contributed by atoms with van der Waals surface area (Å²) in [4.78, 5) is 12.8. The van der Waals surface area contributed by atoms with Gasteiger partial charge in [-0.3, -0.25) is 4.99 Å². The van der Waals surface area contributed by atoms with Crippen molar-refractivity contribution in [3.63, 3.8) is 0 Å². The van der Waals surface area contributed by atoms with Crippen molar-refractivity contribution in [1.29, 1.82) is 0 Å².